The van der Waals surface area contributed by atoms with E-state index >= 15 is 0 Å². The SMILES string of the molecule is NC(=O)C1Cc2ccsc2C1. The highest BCUT2D eigenvalue weighted by Crippen LogP contribution is 2.30. The Morgan fingerprint density at radius 1 is 1.64 bits per heavy atom. The van der Waals surface area contributed by atoms with Gasteiger partial charge in [-0.1, -0.05) is 0 Å². The zero-order chi connectivity index (χ0) is 7.84. The first-order valence-electron chi connectivity index (χ1n) is 3.62. The average molecular weight is 167 g/mol. The molecule has 0 fully saturated rings. The summed E-state index contributed by atoms with van der Waals surface area (Å²) in [6, 6.07) is 2.09. The van der Waals surface area contributed by atoms with Crippen molar-refractivity contribution < 1.29 is 4.79 Å². The number of amides is 1. The molecule has 0 aliphatic heterocycles. The second kappa shape index (κ2) is 2.34. The molecule has 1 unspecified atom stereocenters. The monoisotopic (exact) mass is 167 g/mol. The molecule has 11 heavy (non-hydrogen) atoms. The van der Waals surface area contributed by atoms with Gasteiger partial charge in [0.25, 0.3) is 0 Å². The Bertz CT molecular complexity index is 272. The second-order valence-corrected chi connectivity index (χ2v) is 3.88. The molecule has 58 valence electrons. The molecule has 3 heteroatoms. The first-order valence-corrected chi connectivity index (χ1v) is 4.50. The summed E-state index contributed by atoms with van der Waals surface area (Å²) in [7, 11) is 0. The van der Waals surface area contributed by atoms with Crippen LogP contribution < -0.4 is 5.73 Å². The maximum absolute atomic E-state index is 10.8. The Labute approximate surface area is 69.0 Å². The zero-order valence-electron chi connectivity index (χ0n) is 6.04. The summed E-state index contributed by atoms with van der Waals surface area (Å²) < 4.78 is 0. The van der Waals surface area contributed by atoms with Crippen molar-refractivity contribution in [3.05, 3.63) is 21.9 Å². The third-order valence-corrected chi connectivity index (χ3v) is 3.12. The quantitative estimate of drug-likeness (QED) is 0.664. The Morgan fingerprint density at radius 2 is 2.45 bits per heavy atom. The standard InChI is InChI=1S/C8H9NOS/c9-8(10)6-3-5-1-2-11-7(5)4-6/h1-2,6H,3-4H2,(H2,9,10). The molecule has 0 bridgehead atoms. The molecule has 0 saturated carbocycles. The Balaban J connectivity index is 2.22. The van der Waals surface area contributed by atoms with Crippen LogP contribution >= 0.6 is 11.3 Å². The molecule has 0 aromatic carbocycles. The van der Waals surface area contributed by atoms with E-state index in [1.165, 1.54) is 10.4 Å². The minimum absolute atomic E-state index is 0.0671. The molecule has 2 N–H and O–H groups in total. The van der Waals surface area contributed by atoms with Gasteiger partial charge in [-0.15, -0.1) is 11.3 Å². The van der Waals surface area contributed by atoms with Crippen LogP contribution in [0, 0.1) is 5.92 Å². The molecule has 1 atom stereocenters. The second-order valence-electron chi connectivity index (χ2n) is 2.88. The number of carbonyl (C=O) groups excluding carboxylic acids is 1. The highest BCUT2D eigenvalue weighted by molar-refractivity contribution is 7.10. The van der Waals surface area contributed by atoms with Gasteiger partial charge in [-0.3, -0.25) is 4.79 Å². The molecule has 0 spiro atoms. The molecular weight excluding hydrogens is 158 g/mol. The number of hydrogen-bond acceptors (Lipinski definition) is 2. The van der Waals surface area contributed by atoms with Gasteiger partial charge in [0.2, 0.25) is 5.91 Å². The van der Waals surface area contributed by atoms with E-state index in [1.54, 1.807) is 11.3 Å². The number of fused-ring (bicyclic) bond motifs is 1. The van der Waals surface area contributed by atoms with E-state index in [0.29, 0.717) is 0 Å². The van der Waals surface area contributed by atoms with Gasteiger partial charge >= 0.3 is 0 Å². The number of thiophene rings is 1. The molecule has 0 radical (unpaired) electrons. The fraction of sp³-hybridized carbons (Fsp3) is 0.375. The molecule has 0 saturated heterocycles. The lowest BCUT2D eigenvalue weighted by Crippen LogP contribution is -2.23. The Hall–Kier alpha value is -0.830. The summed E-state index contributed by atoms with van der Waals surface area (Å²) in [5, 5.41) is 2.07. The zero-order valence-corrected chi connectivity index (χ0v) is 6.86. The van der Waals surface area contributed by atoms with E-state index in [-0.39, 0.29) is 11.8 Å². The maximum Gasteiger partial charge on any atom is 0.221 e. The summed E-state index contributed by atoms with van der Waals surface area (Å²) in [6.07, 6.45) is 1.72. The Kier molecular flexibility index (Phi) is 1.46. The molecule has 2 rings (SSSR count). The molecule has 1 aromatic rings. The lowest BCUT2D eigenvalue weighted by Gasteiger charge is -2.00. The Morgan fingerprint density at radius 3 is 3.09 bits per heavy atom. The van der Waals surface area contributed by atoms with Crippen molar-refractivity contribution in [2.45, 2.75) is 12.8 Å². The fourth-order valence-corrected chi connectivity index (χ4v) is 2.49. The van der Waals surface area contributed by atoms with E-state index in [1.807, 2.05) is 0 Å². The lowest BCUT2D eigenvalue weighted by molar-refractivity contribution is -0.121. The molecular formula is C8H9NOS. The largest absolute Gasteiger partial charge is 0.369 e. The lowest BCUT2D eigenvalue weighted by atomic mass is 10.1. The first kappa shape index (κ1) is 6.85. The number of nitrogens with two attached hydrogens (primary N) is 1. The van der Waals surface area contributed by atoms with Gasteiger partial charge in [-0.05, 0) is 29.9 Å². The van der Waals surface area contributed by atoms with Crippen LogP contribution in [0.1, 0.15) is 10.4 Å². The first-order chi connectivity index (χ1) is 5.27. The number of rotatable bonds is 1. The van der Waals surface area contributed by atoms with Crippen molar-refractivity contribution in [2.24, 2.45) is 11.7 Å². The normalized spacial score (nSPS) is 21.6. The maximum atomic E-state index is 10.8. The van der Waals surface area contributed by atoms with E-state index in [0.717, 1.165) is 12.8 Å². The van der Waals surface area contributed by atoms with Crippen molar-refractivity contribution in [2.75, 3.05) is 0 Å². The van der Waals surface area contributed by atoms with Crippen LogP contribution in [0.4, 0.5) is 0 Å². The third-order valence-electron chi connectivity index (χ3n) is 2.14. The molecule has 1 aromatic heterocycles. The van der Waals surface area contributed by atoms with Crippen LogP contribution in [0.25, 0.3) is 0 Å². The third kappa shape index (κ3) is 1.05. The van der Waals surface area contributed by atoms with Gasteiger partial charge in [0.1, 0.15) is 0 Å². The fourth-order valence-electron chi connectivity index (χ4n) is 1.49. The summed E-state index contributed by atoms with van der Waals surface area (Å²) in [4.78, 5) is 12.1. The number of primary amides is 1. The van der Waals surface area contributed by atoms with E-state index in [2.05, 4.69) is 11.4 Å². The van der Waals surface area contributed by atoms with E-state index in [9.17, 15) is 4.79 Å². The summed E-state index contributed by atoms with van der Waals surface area (Å²) in [5.74, 6) is -0.0918. The predicted molar refractivity (Wildman–Crippen MR) is 44.4 cm³/mol. The molecule has 1 amide bonds. The highest BCUT2D eigenvalue weighted by atomic mass is 32.1. The van der Waals surface area contributed by atoms with Crippen LogP contribution in [-0.2, 0) is 17.6 Å². The minimum Gasteiger partial charge on any atom is -0.369 e. The average Bonchev–Trinajstić information content (AvgIpc) is 2.40. The van der Waals surface area contributed by atoms with Crippen LogP contribution in [0.2, 0.25) is 0 Å². The van der Waals surface area contributed by atoms with Gasteiger partial charge < -0.3 is 5.73 Å². The molecule has 1 heterocycles. The number of carbonyl (C=O) groups is 1. The van der Waals surface area contributed by atoms with Gasteiger partial charge in [0, 0.05) is 10.8 Å². The van der Waals surface area contributed by atoms with Gasteiger partial charge in [-0.2, -0.15) is 0 Å². The van der Waals surface area contributed by atoms with Crippen LogP contribution in [0.3, 0.4) is 0 Å². The van der Waals surface area contributed by atoms with Crippen LogP contribution in [-0.4, -0.2) is 5.91 Å². The van der Waals surface area contributed by atoms with Crippen LogP contribution in [0.15, 0.2) is 11.4 Å². The van der Waals surface area contributed by atoms with Crippen molar-refractivity contribution in [3.8, 4) is 0 Å². The van der Waals surface area contributed by atoms with E-state index < -0.39 is 0 Å². The van der Waals surface area contributed by atoms with Crippen LogP contribution in [0.5, 0.6) is 0 Å². The van der Waals surface area contributed by atoms with Gasteiger partial charge in [0.05, 0.1) is 0 Å². The molecule has 2 nitrogen and oxygen atoms in total. The van der Waals surface area contributed by atoms with Crippen molar-refractivity contribution >= 4 is 17.2 Å². The summed E-state index contributed by atoms with van der Waals surface area (Å²) in [6.45, 7) is 0. The smallest absolute Gasteiger partial charge is 0.221 e. The van der Waals surface area contributed by atoms with Crippen molar-refractivity contribution in [3.63, 3.8) is 0 Å². The van der Waals surface area contributed by atoms with Crippen molar-refractivity contribution in [1.82, 2.24) is 0 Å². The molecule has 1 aliphatic rings. The highest BCUT2D eigenvalue weighted by Gasteiger charge is 2.26. The van der Waals surface area contributed by atoms with Gasteiger partial charge in [-0.25, -0.2) is 0 Å². The van der Waals surface area contributed by atoms with Gasteiger partial charge in [0.15, 0.2) is 0 Å². The van der Waals surface area contributed by atoms with E-state index in [4.69, 9.17) is 5.73 Å². The van der Waals surface area contributed by atoms with Crippen molar-refractivity contribution in [1.29, 1.82) is 0 Å². The number of hydrogen-bond donors (Lipinski definition) is 1. The topological polar surface area (TPSA) is 43.1 Å². The summed E-state index contributed by atoms with van der Waals surface area (Å²) >= 11 is 1.73. The predicted octanol–water partition coefficient (Wildman–Crippen LogP) is 0.948. The molecule has 1 aliphatic carbocycles. The summed E-state index contributed by atoms with van der Waals surface area (Å²) in [5.41, 5.74) is 6.52. The minimum atomic E-state index is -0.159.